The molecule has 4 rings (SSSR count). The highest BCUT2D eigenvalue weighted by Crippen LogP contribution is 2.24. The van der Waals surface area contributed by atoms with Crippen molar-refractivity contribution in [3.05, 3.63) is 72.7 Å². The second-order valence-corrected chi connectivity index (χ2v) is 6.67. The van der Waals surface area contributed by atoms with Gasteiger partial charge in [0.05, 0.1) is 5.69 Å². The molecule has 0 atom stereocenters. The molecule has 5 nitrogen and oxygen atoms in total. The van der Waals surface area contributed by atoms with Crippen LogP contribution in [0.4, 0.5) is 0 Å². The Labute approximate surface area is 159 Å². The SMILES string of the molecule is O=C(C=Cc1cn(-c2ccccc2)nc1-c1cccnc1)N1CCCCC1. The van der Waals surface area contributed by atoms with Gasteiger partial charge in [-0.15, -0.1) is 0 Å². The number of aromatic nitrogens is 3. The van der Waals surface area contributed by atoms with Crippen molar-refractivity contribution in [3.8, 4) is 16.9 Å². The minimum absolute atomic E-state index is 0.0688. The van der Waals surface area contributed by atoms with Crippen molar-refractivity contribution >= 4 is 12.0 Å². The van der Waals surface area contributed by atoms with Gasteiger partial charge in [-0.05, 0) is 49.6 Å². The predicted octanol–water partition coefficient (Wildman–Crippen LogP) is 3.96. The zero-order valence-electron chi connectivity index (χ0n) is 15.2. The minimum atomic E-state index is 0.0688. The first kappa shape index (κ1) is 17.2. The van der Waals surface area contributed by atoms with E-state index in [4.69, 9.17) is 5.10 Å². The molecule has 2 aromatic heterocycles. The Balaban J connectivity index is 1.67. The van der Waals surface area contributed by atoms with Crippen molar-refractivity contribution < 1.29 is 4.79 Å². The summed E-state index contributed by atoms with van der Waals surface area (Å²) >= 11 is 0. The lowest BCUT2D eigenvalue weighted by Crippen LogP contribution is -2.34. The maximum absolute atomic E-state index is 12.5. The summed E-state index contributed by atoms with van der Waals surface area (Å²) in [4.78, 5) is 18.6. The van der Waals surface area contributed by atoms with Gasteiger partial charge in [0, 0.05) is 48.9 Å². The maximum Gasteiger partial charge on any atom is 0.246 e. The lowest BCUT2D eigenvalue weighted by molar-refractivity contribution is -0.126. The second kappa shape index (κ2) is 7.99. The molecule has 0 radical (unpaired) electrons. The Morgan fingerprint density at radius 1 is 1.00 bits per heavy atom. The van der Waals surface area contributed by atoms with Crippen LogP contribution < -0.4 is 0 Å². The van der Waals surface area contributed by atoms with Gasteiger partial charge in [0.2, 0.25) is 5.91 Å². The van der Waals surface area contributed by atoms with Crippen LogP contribution in [0.25, 0.3) is 23.0 Å². The first-order valence-corrected chi connectivity index (χ1v) is 9.34. The van der Waals surface area contributed by atoms with Gasteiger partial charge in [-0.2, -0.15) is 5.10 Å². The van der Waals surface area contributed by atoms with E-state index in [0.717, 1.165) is 48.4 Å². The van der Waals surface area contributed by atoms with Crippen LogP contribution >= 0.6 is 0 Å². The monoisotopic (exact) mass is 358 g/mol. The molecule has 136 valence electrons. The van der Waals surface area contributed by atoms with Gasteiger partial charge < -0.3 is 4.90 Å². The highest BCUT2D eigenvalue weighted by Gasteiger charge is 2.15. The van der Waals surface area contributed by atoms with Gasteiger partial charge in [-0.3, -0.25) is 9.78 Å². The molecule has 27 heavy (non-hydrogen) atoms. The summed E-state index contributed by atoms with van der Waals surface area (Å²) in [6, 6.07) is 13.8. The van der Waals surface area contributed by atoms with Gasteiger partial charge in [-0.1, -0.05) is 18.2 Å². The number of hydrogen-bond donors (Lipinski definition) is 0. The number of likely N-dealkylation sites (tertiary alicyclic amines) is 1. The van der Waals surface area contributed by atoms with Crippen LogP contribution in [0.3, 0.4) is 0 Å². The van der Waals surface area contributed by atoms with Crippen LogP contribution in [-0.2, 0) is 4.79 Å². The quantitative estimate of drug-likeness (QED) is 0.663. The van der Waals surface area contributed by atoms with Crippen molar-refractivity contribution in [2.75, 3.05) is 13.1 Å². The fourth-order valence-electron chi connectivity index (χ4n) is 3.33. The number of amides is 1. The molecule has 0 saturated carbocycles. The molecule has 5 heteroatoms. The smallest absolute Gasteiger partial charge is 0.246 e. The molecular formula is C22H22N4O. The van der Waals surface area contributed by atoms with Crippen molar-refractivity contribution in [1.29, 1.82) is 0 Å². The van der Waals surface area contributed by atoms with Crippen LogP contribution in [0.5, 0.6) is 0 Å². The van der Waals surface area contributed by atoms with Crippen LogP contribution in [0, 0.1) is 0 Å². The summed E-state index contributed by atoms with van der Waals surface area (Å²) < 4.78 is 1.84. The number of nitrogens with zero attached hydrogens (tertiary/aromatic N) is 4. The van der Waals surface area contributed by atoms with Gasteiger partial charge in [-0.25, -0.2) is 4.68 Å². The van der Waals surface area contributed by atoms with Crippen molar-refractivity contribution in [2.45, 2.75) is 19.3 Å². The molecule has 1 aromatic carbocycles. The maximum atomic E-state index is 12.5. The molecule has 1 saturated heterocycles. The third-order valence-corrected chi connectivity index (χ3v) is 4.77. The van der Waals surface area contributed by atoms with E-state index in [-0.39, 0.29) is 5.91 Å². The van der Waals surface area contributed by atoms with Gasteiger partial charge >= 0.3 is 0 Å². The molecule has 3 heterocycles. The Kier molecular flexibility index (Phi) is 5.10. The van der Waals surface area contributed by atoms with E-state index in [1.807, 2.05) is 64.3 Å². The van der Waals surface area contributed by atoms with E-state index in [1.165, 1.54) is 6.42 Å². The molecule has 3 aromatic rings. The topological polar surface area (TPSA) is 51.0 Å². The van der Waals surface area contributed by atoms with E-state index in [1.54, 1.807) is 18.5 Å². The largest absolute Gasteiger partial charge is 0.339 e. The van der Waals surface area contributed by atoms with Gasteiger partial charge in [0.25, 0.3) is 0 Å². The van der Waals surface area contributed by atoms with Gasteiger partial charge in [0.15, 0.2) is 0 Å². The summed E-state index contributed by atoms with van der Waals surface area (Å²) in [5, 5.41) is 4.74. The van der Waals surface area contributed by atoms with E-state index >= 15 is 0 Å². The predicted molar refractivity (Wildman–Crippen MR) is 106 cm³/mol. The summed E-state index contributed by atoms with van der Waals surface area (Å²) in [6.45, 7) is 1.70. The number of carbonyl (C=O) groups excluding carboxylic acids is 1. The molecule has 0 unspecified atom stereocenters. The number of hydrogen-bond acceptors (Lipinski definition) is 3. The average molecular weight is 358 g/mol. The van der Waals surface area contributed by atoms with Gasteiger partial charge in [0.1, 0.15) is 5.69 Å². The minimum Gasteiger partial charge on any atom is -0.339 e. The van der Waals surface area contributed by atoms with Crippen molar-refractivity contribution in [3.63, 3.8) is 0 Å². The van der Waals surface area contributed by atoms with Crippen molar-refractivity contribution in [2.24, 2.45) is 0 Å². The van der Waals surface area contributed by atoms with Crippen LogP contribution in [0.15, 0.2) is 67.1 Å². The van der Waals surface area contributed by atoms with Crippen LogP contribution in [-0.4, -0.2) is 38.7 Å². The molecule has 0 aliphatic carbocycles. The molecule has 0 bridgehead atoms. The number of pyridine rings is 1. The van der Waals surface area contributed by atoms with E-state index in [9.17, 15) is 4.79 Å². The lowest BCUT2D eigenvalue weighted by atomic mass is 10.1. The summed E-state index contributed by atoms with van der Waals surface area (Å²) in [6.07, 6.45) is 12.4. The standard InChI is InChI=1S/C22H22N4O/c27-21(25-14-5-2-6-15-25)12-11-19-17-26(20-9-3-1-4-10-20)24-22(19)18-8-7-13-23-16-18/h1,3-4,7-13,16-17H,2,5-6,14-15H2. The number of piperidine rings is 1. The lowest BCUT2D eigenvalue weighted by Gasteiger charge is -2.25. The van der Waals surface area contributed by atoms with Crippen molar-refractivity contribution in [1.82, 2.24) is 19.7 Å². The molecule has 0 N–H and O–H groups in total. The average Bonchev–Trinajstić information content (AvgIpc) is 3.18. The molecule has 1 amide bonds. The Morgan fingerprint density at radius 2 is 1.81 bits per heavy atom. The zero-order valence-corrected chi connectivity index (χ0v) is 15.2. The number of carbonyl (C=O) groups is 1. The highest BCUT2D eigenvalue weighted by molar-refractivity contribution is 5.92. The summed E-state index contributed by atoms with van der Waals surface area (Å²) in [5.74, 6) is 0.0688. The molecule has 0 spiro atoms. The normalized spacial score (nSPS) is 14.6. The fourth-order valence-corrected chi connectivity index (χ4v) is 3.33. The third-order valence-electron chi connectivity index (χ3n) is 4.77. The first-order chi connectivity index (χ1) is 13.3. The van der Waals surface area contributed by atoms with Crippen LogP contribution in [0.1, 0.15) is 24.8 Å². The number of benzene rings is 1. The Bertz CT molecular complexity index is 925. The van der Waals surface area contributed by atoms with Crippen LogP contribution in [0.2, 0.25) is 0 Å². The number of rotatable bonds is 4. The highest BCUT2D eigenvalue weighted by atomic mass is 16.2. The molecule has 1 aliphatic heterocycles. The molecule has 1 aliphatic rings. The Hall–Kier alpha value is -3.21. The summed E-state index contributed by atoms with van der Waals surface area (Å²) in [7, 11) is 0. The molecular weight excluding hydrogens is 336 g/mol. The zero-order chi connectivity index (χ0) is 18.5. The molecule has 1 fully saturated rings. The van der Waals surface area contributed by atoms with E-state index < -0.39 is 0 Å². The summed E-state index contributed by atoms with van der Waals surface area (Å²) in [5.41, 5.74) is 3.62. The Morgan fingerprint density at radius 3 is 2.56 bits per heavy atom. The van der Waals surface area contributed by atoms with E-state index in [0.29, 0.717) is 0 Å². The fraction of sp³-hybridized carbons (Fsp3) is 0.227. The first-order valence-electron chi connectivity index (χ1n) is 9.34. The second-order valence-electron chi connectivity index (χ2n) is 6.67. The third kappa shape index (κ3) is 3.97. The van der Waals surface area contributed by atoms with E-state index in [2.05, 4.69) is 4.98 Å². The number of para-hydroxylation sites is 1.